The van der Waals surface area contributed by atoms with Crippen molar-refractivity contribution < 1.29 is 23.8 Å². The summed E-state index contributed by atoms with van der Waals surface area (Å²) in [5.74, 6) is 0.287. The lowest BCUT2D eigenvalue weighted by Crippen LogP contribution is -2.26. The Morgan fingerprint density at radius 1 is 1.10 bits per heavy atom. The van der Waals surface area contributed by atoms with Crippen LogP contribution in [0.4, 0.5) is 0 Å². The van der Waals surface area contributed by atoms with Crippen LogP contribution in [0.2, 0.25) is 0 Å². The number of aliphatic carboxylic acids is 1. The van der Waals surface area contributed by atoms with E-state index in [1.54, 1.807) is 31.2 Å². The topological polar surface area (TPSA) is 89.6 Å². The van der Waals surface area contributed by atoms with Crippen LogP contribution in [0, 0.1) is 6.92 Å². The first kappa shape index (κ1) is 21.5. The number of benzene rings is 2. The number of aryl methyl sites for hydroxylation is 2. The highest BCUT2D eigenvalue weighted by atomic mass is 16.5. The molecule has 0 spiro atoms. The average molecular weight is 407 g/mol. The monoisotopic (exact) mass is 407 g/mol. The predicted molar refractivity (Wildman–Crippen MR) is 113 cm³/mol. The van der Waals surface area contributed by atoms with Gasteiger partial charge in [-0.15, -0.1) is 0 Å². The molecule has 3 aromatic rings. The number of Topliss-reactive ketones (excluding diaryl/α,β-unsaturated/α-hetero) is 1. The molecular formula is C24H25NO5. The minimum absolute atomic E-state index is 0.00445. The lowest BCUT2D eigenvalue weighted by Gasteiger charge is -2.12. The average Bonchev–Trinajstić information content (AvgIpc) is 3.13. The molecule has 6 nitrogen and oxygen atoms in total. The second kappa shape index (κ2) is 9.98. The van der Waals surface area contributed by atoms with Gasteiger partial charge in [0.05, 0.1) is 5.69 Å². The molecule has 0 saturated carbocycles. The fourth-order valence-corrected chi connectivity index (χ4v) is 3.20. The van der Waals surface area contributed by atoms with Crippen LogP contribution in [0.5, 0.6) is 0 Å². The van der Waals surface area contributed by atoms with Gasteiger partial charge in [0.25, 0.3) is 0 Å². The van der Waals surface area contributed by atoms with Gasteiger partial charge in [-0.25, -0.2) is 9.78 Å². The van der Waals surface area contributed by atoms with E-state index in [1.807, 2.05) is 37.3 Å². The number of ketones is 1. The quantitative estimate of drug-likeness (QED) is 0.498. The Balaban J connectivity index is 1.60. The highest BCUT2D eigenvalue weighted by molar-refractivity contribution is 5.96. The van der Waals surface area contributed by atoms with Gasteiger partial charge < -0.3 is 14.3 Å². The summed E-state index contributed by atoms with van der Waals surface area (Å²) in [4.78, 5) is 28.3. The maximum atomic E-state index is 12.6. The van der Waals surface area contributed by atoms with Gasteiger partial charge in [0.15, 0.2) is 11.9 Å². The summed E-state index contributed by atoms with van der Waals surface area (Å²) in [6.45, 7) is 3.95. The van der Waals surface area contributed by atoms with Crippen molar-refractivity contribution in [2.75, 3.05) is 6.61 Å². The third-order valence-corrected chi connectivity index (χ3v) is 4.84. The number of aromatic nitrogens is 1. The van der Waals surface area contributed by atoms with E-state index in [-0.39, 0.29) is 12.2 Å². The van der Waals surface area contributed by atoms with Crippen LogP contribution < -0.4 is 0 Å². The summed E-state index contributed by atoms with van der Waals surface area (Å²) in [5.41, 5.74) is 3.08. The number of carbonyl (C=O) groups excluding carboxylic acids is 1. The van der Waals surface area contributed by atoms with Gasteiger partial charge in [0, 0.05) is 37.0 Å². The Hall–Kier alpha value is -3.25. The molecule has 1 N–H and O–H groups in total. The molecular weight excluding hydrogens is 382 g/mol. The van der Waals surface area contributed by atoms with Crippen molar-refractivity contribution in [1.82, 2.24) is 4.98 Å². The molecule has 2 aromatic carbocycles. The fourth-order valence-electron chi connectivity index (χ4n) is 3.20. The normalized spacial score (nSPS) is 11.9. The molecule has 0 aliphatic heterocycles. The van der Waals surface area contributed by atoms with Gasteiger partial charge in [-0.05, 0) is 31.5 Å². The number of carboxylic acids is 1. The van der Waals surface area contributed by atoms with Crippen molar-refractivity contribution in [1.29, 1.82) is 0 Å². The van der Waals surface area contributed by atoms with Crippen molar-refractivity contribution in [3.8, 4) is 11.5 Å². The lowest BCUT2D eigenvalue weighted by molar-refractivity contribution is -0.149. The Kier molecular flexibility index (Phi) is 7.14. The zero-order valence-corrected chi connectivity index (χ0v) is 17.1. The first-order valence-electron chi connectivity index (χ1n) is 9.96. The SMILES string of the molecule is CCOC(Cc1ccc(C(=O)CCc2nc(-c3ccccc3)oc2C)cc1)C(=O)O. The van der Waals surface area contributed by atoms with Gasteiger partial charge in [-0.3, -0.25) is 4.79 Å². The van der Waals surface area contributed by atoms with Crippen LogP contribution in [-0.2, 0) is 22.4 Å². The number of carbonyl (C=O) groups is 2. The van der Waals surface area contributed by atoms with Crippen molar-refractivity contribution >= 4 is 11.8 Å². The van der Waals surface area contributed by atoms with Crippen LogP contribution in [-0.4, -0.2) is 34.6 Å². The molecule has 0 radical (unpaired) electrons. The molecule has 1 atom stereocenters. The van der Waals surface area contributed by atoms with Gasteiger partial charge >= 0.3 is 5.97 Å². The van der Waals surface area contributed by atoms with Crippen LogP contribution in [0.25, 0.3) is 11.5 Å². The van der Waals surface area contributed by atoms with Gasteiger partial charge in [-0.2, -0.15) is 0 Å². The second-order valence-electron chi connectivity index (χ2n) is 6.99. The number of nitrogens with zero attached hydrogens (tertiary/aromatic N) is 1. The predicted octanol–water partition coefficient (Wildman–Crippen LogP) is 4.50. The van der Waals surface area contributed by atoms with Crippen molar-refractivity contribution in [3.63, 3.8) is 0 Å². The van der Waals surface area contributed by atoms with Gasteiger partial charge in [0.2, 0.25) is 5.89 Å². The third-order valence-electron chi connectivity index (χ3n) is 4.84. The van der Waals surface area contributed by atoms with Crippen molar-refractivity contribution in [2.45, 2.75) is 39.2 Å². The minimum Gasteiger partial charge on any atom is -0.479 e. The minimum atomic E-state index is -0.991. The first-order chi connectivity index (χ1) is 14.5. The molecule has 6 heteroatoms. The summed E-state index contributed by atoms with van der Waals surface area (Å²) >= 11 is 0. The number of hydrogen-bond donors (Lipinski definition) is 1. The van der Waals surface area contributed by atoms with E-state index in [0.717, 1.165) is 16.8 Å². The third kappa shape index (κ3) is 5.42. The van der Waals surface area contributed by atoms with E-state index in [2.05, 4.69) is 4.98 Å². The summed E-state index contributed by atoms with van der Waals surface area (Å²) < 4.78 is 11.0. The molecule has 30 heavy (non-hydrogen) atoms. The summed E-state index contributed by atoms with van der Waals surface area (Å²) in [6.07, 6.45) is 0.189. The molecule has 1 aromatic heterocycles. The zero-order valence-electron chi connectivity index (χ0n) is 17.1. The lowest BCUT2D eigenvalue weighted by atomic mass is 10.0. The Bertz CT molecular complexity index is 992. The molecule has 0 fully saturated rings. The van der Waals surface area contributed by atoms with E-state index in [1.165, 1.54) is 0 Å². The highest BCUT2D eigenvalue weighted by Crippen LogP contribution is 2.22. The molecule has 3 rings (SSSR count). The van der Waals surface area contributed by atoms with Gasteiger partial charge in [-0.1, -0.05) is 42.5 Å². The Morgan fingerprint density at radius 2 is 1.80 bits per heavy atom. The maximum absolute atomic E-state index is 12.6. The molecule has 1 heterocycles. The maximum Gasteiger partial charge on any atom is 0.333 e. The van der Waals surface area contributed by atoms with E-state index < -0.39 is 12.1 Å². The van der Waals surface area contributed by atoms with Crippen LogP contribution in [0.3, 0.4) is 0 Å². The first-order valence-corrected chi connectivity index (χ1v) is 9.96. The van der Waals surface area contributed by atoms with Crippen LogP contribution in [0.15, 0.2) is 59.0 Å². The molecule has 0 aliphatic carbocycles. The molecule has 1 unspecified atom stereocenters. The Morgan fingerprint density at radius 3 is 2.43 bits per heavy atom. The fraction of sp³-hybridized carbons (Fsp3) is 0.292. The number of oxazole rings is 1. The highest BCUT2D eigenvalue weighted by Gasteiger charge is 2.18. The molecule has 0 aliphatic rings. The summed E-state index contributed by atoms with van der Waals surface area (Å²) in [7, 11) is 0. The number of carboxylic acid groups (broad SMARTS) is 1. The van der Waals surface area contributed by atoms with Crippen molar-refractivity contribution in [3.05, 3.63) is 77.2 Å². The number of rotatable bonds is 10. The molecule has 156 valence electrons. The standard InChI is InChI=1S/C24H25NO5/c1-3-29-22(24(27)28)15-17-9-11-18(12-10-17)21(26)14-13-20-16(2)30-23(25-20)19-7-5-4-6-8-19/h4-12,22H,3,13-15H2,1-2H3,(H,27,28). The number of ether oxygens (including phenoxy) is 1. The second-order valence-corrected chi connectivity index (χ2v) is 6.99. The smallest absolute Gasteiger partial charge is 0.333 e. The summed E-state index contributed by atoms with van der Waals surface area (Å²) in [6, 6.07) is 16.7. The van der Waals surface area contributed by atoms with Crippen molar-refractivity contribution in [2.24, 2.45) is 0 Å². The van der Waals surface area contributed by atoms with E-state index in [9.17, 15) is 14.7 Å². The van der Waals surface area contributed by atoms with Gasteiger partial charge in [0.1, 0.15) is 5.76 Å². The molecule has 0 saturated heterocycles. The Labute approximate surface area is 175 Å². The van der Waals surface area contributed by atoms with E-state index in [4.69, 9.17) is 9.15 Å². The molecule has 0 amide bonds. The summed E-state index contributed by atoms with van der Waals surface area (Å²) in [5, 5.41) is 9.19. The van der Waals surface area contributed by atoms with Crippen LogP contribution in [0.1, 0.15) is 40.7 Å². The van der Waals surface area contributed by atoms with E-state index >= 15 is 0 Å². The van der Waals surface area contributed by atoms with Crippen LogP contribution >= 0.6 is 0 Å². The van der Waals surface area contributed by atoms with E-state index in [0.29, 0.717) is 36.7 Å². The number of hydrogen-bond acceptors (Lipinski definition) is 5. The zero-order chi connectivity index (χ0) is 21.5. The largest absolute Gasteiger partial charge is 0.479 e. The molecule has 0 bridgehead atoms.